The van der Waals surface area contributed by atoms with Gasteiger partial charge in [0.15, 0.2) is 12.4 Å². The summed E-state index contributed by atoms with van der Waals surface area (Å²) >= 11 is 0. The van der Waals surface area contributed by atoms with Crippen LogP contribution in [0.4, 0.5) is 5.82 Å². The predicted molar refractivity (Wildman–Crippen MR) is 75.1 cm³/mol. The molecule has 112 valence electrons. The van der Waals surface area contributed by atoms with Crippen LogP contribution in [0, 0.1) is 0 Å². The highest BCUT2D eigenvalue weighted by molar-refractivity contribution is 7.89. The van der Waals surface area contributed by atoms with Crippen LogP contribution in [0.5, 0.6) is 5.75 Å². The number of carbonyl (C=O) groups excluding carboxylic acids is 1. The molecule has 1 aromatic heterocycles. The summed E-state index contributed by atoms with van der Waals surface area (Å²) in [6, 6.07) is 8.75. The molecule has 0 saturated carbocycles. The third-order valence-electron chi connectivity index (χ3n) is 2.47. The number of nitrogens with zero attached hydrogens (tertiary/aromatic N) is 2. The number of aromatic nitrogens is 2. The second kappa shape index (κ2) is 5.94. The number of hydrogen-bond donors (Lipinski definition) is 2. The smallest absolute Gasteiger partial charge is 0.263 e. The Morgan fingerprint density at radius 3 is 2.67 bits per heavy atom. The maximum Gasteiger partial charge on any atom is 0.263 e. The monoisotopic (exact) mass is 310 g/mol. The molecule has 0 aliphatic rings. The fraction of sp³-hybridized carbons (Fsp3) is 0.167. The van der Waals surface area contributed by atoms with E-state index in [2.05, 4.69) is 10.4 Å². The molecule has 1 amide bonds. The molecule has 9 heteroatoms. The summed E-state index contributed by atoms with van der Waals surface area (Å²) in [5.41, 5.74) is 0. The average Bonchev–Trinajstić information content (AvgIpc) is 2.78. The normalized spacial score (nSPS) is 11.1. The summed E-state index contributed by atoms with van der Waals surface area (Å²) in [6.07, 6.45) is 1.21. The van der Waals surface area contributed by atoms with Gasteiger partial charge in [-0.2, -0.15) is 5.10 Å². The van der Waals surface area contributed by atoms with Gasteiger partial charge in [-0.1, -0.05) is 18.2 Å². The molecule has 0 bridgehead atoms. The Bertz CT molecular complexity index is 740. The van der Waals surface area contributed by atoms with Crippen molar-refractivity contribution in [3.63, 3.8) is 0 Å². The number of nitrogens with one attached hydrogen (secondary N) is 1. The molecule has 8 nitrogen and oxygen atoms in total. The zero-order valence-corrected chi connectivity index (χ0v) is 12.0. The second-order valence-electron chi connectivity index (χ2n) is 4.21. The molecule has 2 rings (SSSR count). The highest BCUT2D eigenvalue weighted by Crippen LogP contribution is 2.17. The summed E-state index contributed by atoms with van der Waals surface area (Å²) < 4.78 is 29.2. The first-order valence-corrected chi connectivity index (χ1v) is 7.45. The van der Waals surface area contributed by atoms with Crippen molar-refractivity contribution in [2.75, 3.05) is 11.9 Å². The van der Waals surface area contributed by atoms with Gasteiger partial charge in [0.25, 0.3) is 5.91 Å². The van der Waals surface area contributed by atoms with E-state index in [-0.39, 0.29) is 17.3 Å². The number of primary sulfonamides is 1. The number of carbonyl (C=O) groups is 1. The molecule has 0 spiro atoms. The number of benzene rings is 1. The number of anilines is 1. The van der Waals surface area contributed by atoms with Crippen LogP contribution < -0.4 is 15.2 Å². The largest absolute Gasteiger partial charge is 0.484 e. The number of amides is 1. The van der Waals surface area contributed by atoms with Gasteiger partial charge in [0.2, 0.25) is 10.0 Å². The lowest BCUT2D eigenvalue weighted by molar-refractivity contribution is -0.118. The highest BCUT2D eigenvalue weighted by Gasteiger charge is 2.20. The Morgan fingerprint density at radius 2 is 2.05 bits per heavy atom. The van der Waals surface area contributed by atoms with Crippen molar-refractivity contribution in [3.8, 4) is 5.75 Å². The Kier molecular flexibility index (Phi) is 4.24. The van der Waals surface area contributed by atoms with E-state index in [0.717, 1.165) is 0 Å². The first-order valence-electron chi connectivity index (χ1n) is 5.90. The van der Waals surface area contributed by atoms with Crippen LogP contribution in [0.25, 0.3) is 0 Å². The molecular weight excluding hydrogens is 296 g/mol. The van der Waals surface area contributed by atoms with Gasteiger partial charge in [-0.05, 0) is 12.1 Å². The van der Waals surface area contributed by atoms with Crippen LogP contribution in [0.15, 0.2) is 41.4 Å². The Labute approximate surface area is 121 Å². The van der Waals surface area contributed by atoms with E-state index in [1.54, 1.807) is 24.3 Å². The van der Waals surface area contributed by atoms with Crippen LogP contribution in [0.1, 0.15) is 0 Å². The molecule has 0 unspecified atom stereocenters. The number of para-hydroxylation sites is 1. The first kappa shape index (κ1) is 15.0. The van der Waals surface area contributed by atoms with E-state index in [4.69, 9.17) is 9.88 Å². The predicted octanol–water partition coefficient (Wildman–Crippen LogP) is 0.0850. The summed E-state index contributed by atoms with van der Waals surface area (Å²) in [5.74, 6) is -0.135. The van der Waals surface area contributed by atoms with Crippen molar-refractivity contribution in [3.05, 3.63) is 36.5 Å². The van der Waals surface area contributed by atoms with E-state index in [0.29, 0.717) is 5.75 Å². The van der Waals surface area contributed by atoms with E-state index in [1.165, 1.54) is 17.9 Å². The fourth-order valence-electron chi connectivity index (χ4n) is 1.60. The van der Waals surface area contributed by atoms with Crippen LogP contribution in [0.3, 0.4) is 0 Å². The van der Waals surface area contributed by atoms with Gasteiger partial charge in [-0.15, -0.1) is 0 Å². The topological polar surface area (TPSA) is 116 Å². The highest BCUT2D eigenvalue weighted by atomic mass is 32.2. The number of sulfonamides is 1. The molecule has 1 heterocycles. The van der Waals surface area contributed by atoms with Crippen LogP contribution in [0.2, 0.25) is 0 Å². The Balaban J connectivity index is 2.04. The van der Waals surface area contributed by atoms with Gasteiger partial charge in [0, 0.05) is 13.2 Å². The van der Waals surface area contributed by atoms with Crippen molar-refractivity contribution in [1.82, 2.24) is 9.78 Å². The lowest BCUT2D eigenvalue weighted by Gasteiger charge is -2.06. The molecule has 0 aliphatic heterocycles. The summed E-state index contributed by atoms with van der Waals surface area (Å²) in [5, 5.41) is 11.2. The average molecular weight is 310 g/mol. The summed E-state index contributed by atoms with van der Waals surface area (Å²) in [7, 11) is -2.45. The fourth-order valence-corrected chi connectivity index (χ4v) is 2.26. The molecule has 0 atom stereocenters. The minimum Gasteiger partial charge on any atom is -0.484 e. The van der Waals surface area contributed by atoms with Crippen LogP contribution in [-0.4, -0.2) is 30.7 Å². The summed E-state index contributed by atoms with van der Waals surface area (Å²) in [6.45, 7) is -0.273. The minimum atomic E-state index is -3.96. The van der Waals surface area contributed by atoms with Gasteiger partial charge >= 0.3 is 0 Å². The van der Waals surface area contributed by atoms with Crippen LogP contribution >= 0.6 is 0 Å². The van der Waals surface area contributed by atoms with E-state index in [1.807, 2.05) is 6.07 Å². The molecule has 0 radical (unpaired) electrons. The molecule has 0 saturated heterocycles. The first-order chi connectivity index (χ1) is 9.86. The van der Waals surface area contributed by atoms with Crippen molar-refractivity contribution in [2.45, 2.75) is 4.90 Å². The lowest BCUT2D eigenvalue weighted by Crippen LogP contribution is -2.22. The van der Waals surface area contributed by atoms with Gasteiger partial charge in [0.1, 0.15) is 10.6 Å². The molecule has 3 N–H and O–H groups in total. The zero-order valence-electron chi connectivity index (χ0n) is 11.2. The molecule has 21 heavy (non-hydrogen) atoms. The maximum absolute atomic E-state index is 11.8. The van der Waals surface area contributed by atoms with Crippen molar-refractivity contribution in [2.24, 2.45) is 12.2 Å². The maximum atomic E-state index is 11.8. The number of rotatable bonds is 5. The molecule has 0 aliphatic carbocycles. The third kappa shape index (κ3) is 4.04. The van der Waals surface area contributed by atoms with Crippen molar-refractivity contribution < 1.29 is 17.9 Å². The molecule has 2 aromatic rings. The number of aryl methyl sites for hydroxylation is 1. The van der Waals surface area contributed by atoms with E-state index >= 15 is 0 Å². The lowest BCUT2D eigenvalue weighted by atomic mass is 10.3. The molecular formula is C12H14N4O4S. The Morgan fingerprint density at radius 1 is 1.38 bits per heavy atom. The zero-order chi connectivity index (χ0) is 15.5. The van der Waals surface area contributed by atoms with Crippen LogP contribution in [-0.2, 0) is 21.9 Å². The van der Waals surface area contributed by atoms with Crippen molar-refractivity contribution in [1.29, 1.82) is 0 Å². The molecule has 1 aromatic carbocycles. The van der Waals surface area contributed by atoms with Crippen molar-refractivity contribution >= 4 is 21.7 Å². The number of ether oxygens (including phenoxy) is 1. The van der Waals surface area contributed by atoms with Gasteiger partial charge in [-0.3, -0.25) is 9.48 Å². The quantitative estimate of drug-likeness (QED) is 0.811. The van der Waals surface area contributed by atoms with E-state index < -0.39 is 15.9 Å². The van der Waals surface area contributed by atoms with E-state index in [9.17, 15) is 13.2 Å². The minimum absolute atomic E-state index is 0.123. The van der Waals surface area contributed by atoms with Gasteiger partial charge in [0.05, 0.1) is 0 Å². The standard InChI is InChI=1S/C12H14N4O4S/c1-16-7-10(21(13,18)19)12(15-16)14-11(17)8-20-9-5-3-2-4-6-9/h2-7H,8H2,1H3,(H2,13,18,19)(H,14,15,17). The SMILES string of the molecule is Cn1cc(S(N)(=O)=O)c(NC(=O)COc2ccccc2)n1. The Hall–Kier alpha value is -2.39. The molecule has 0 fully saturated rings. The third-order valence-corrected chi connectivity index (χ3v) is 3.38. The second-order valence-corrected chi connectivity index (χ2v) is 5.74. The summed E-state index contributed by atoms with van der Waals surface area (Å²) in [4.78, 5) is 11.5. The number of nitrogens with two attached hydrogens (primary N) is 1. The van der Waals surface area contributed by atoms with Gasteiger partial charge < -0.3 is 10.1 Å². The number of hydrogen-bond acceptors (Lipinski definition) is 5. The van der Waals surface area contributed by atoms with Gasteiger partial charge in [-0.25, -0.2) is 13.6 Å².